The first-order valence-electron chi connectivity index (χ1n) is 8.67. The van der Waals surface area contributed by atoms with Crippen LogP contribution in [0.15, 0.2) is 72.3 Å². The van der Waals surface area contributed by atoms with Crippen molar-refractivity contribution >= 4 is 23.3 Å². The zero-order chi connectivity index (χ0) is 20.5. The van der Waals surface area contributed by atoms with Crippen LogP contribution in [0.4, 0.5) is 0 Å². The van der Waals surface area contributed by atoms with Gasteiger partial charge in [-0.05, 0) is 35.8 Å². The second-order valence-corrected chi connectivity index (χ2v) is 6.61. The fourth-order valence-corrected chi connectivity index (χ4v) is 3.48. The molecule has 0 N–H and O–H groups in total. The summed E-state index contributed by atoms with van der Waals surface area (Å²) in [7, 11) is 2.54. The van der Waals surface area contributed by atoms with E-state index in [9.17, 15) is 14.4 Å². The Hall–Kier alpha value is -3.47. The average Bonchev–Trinajstić information content (AvgIpc) is 2.95. The highest BCUT2D eigenvalue weighted by atomic mass is 16.5. The number of carbonyl (C=O) groups excluding carboxylic acids is 3. The monoisotopic (exact) mass is 376 g/mol. The summed E-state index contributed by atoms with van der Waals surface area (Å²) in [6.07, 6.45) is 0. The maximum atomic E-state index is 13.4. The fourth-order valence-electron chi connectivity index (χ4n) is 3.48. The number of methoxy groups -OCH3 is 2. The number of rotatable bonds is 4. The van der Waals surface area contributed by atoms with Gasteiger partial charge in [-0.1, -0.05) is 49.0 Å². The number of ether oxygens (including phenoxy) is 2. The van der Waals surface area contributed by atoms with Crippen LogP contribution in [0.3, 0.4) is 0 Å². The van der Waals surface area contributed by atoms with Gasteiger partial charge in [0.25, 0.3) is 0 Å². The molecule has 0 fully saturated rings. The van der Waals surface area contributed by atoms with Crippen molar-refractivity contribution in [1.29, 1.82) is 0 Å². The molecule has 0 aliphatic heterocycles. The summed E-state index contributed by atoms with van der Waals surface area (Å²) in [4.78, 5) is 37.5. The molecule has 0 bridgehead atoms. The number of ketones is 1. The predicted molar refractivity (Wildman–Crippen MR) is 105 cm³/mol. The van der Waals surface area contributed by atoms with Crippen LogP contribution in [-0.4, -0.2) is 31.9 Å². The average molecular weight is 376 g/mol. The van der Waals surface area contributed by atoms with E-state index in [4.69, 9.17) is 9.47 Å². The molecule has 1 aliphatic carbocycles. The lowest BCUT2D eigenvalue weighted by Gasteiger charge is -2.26. The van der Waals surface area contributed by atoms with Crippen LogP contribution in [0.1, 0.15) is 28.4 Å². The first-order valence-corrected chi connectivity index (χ1v) is 8.67. The van der Waals surface area contributed by atoms with Crippen LogP contribution >= 0.6 is 0 Å². The molecule has 1 aliphatic rings. The van der Waals surface area contributed by atoms with Crippen LogP contribution in [0.2, 0.25) is 0 Å². The summed E-state index contributed by atoms with van der Waals surface area (Å²) in [6, 6.07) is 15.7. The standard InChI is InChI=1S/C23H20O5/c1-14-18(15-10-12-16(13-11-15)21(25)27-3)19(22(26)28-4)20(24)23(14,2)17-8-6-5-7-9-17/h5-13H,1H2,2-4H3/t23-/m1/s1. The lowest BCUT2D eigenvalue weighted by atomic mass is 9.74. The number of hydrogen-bond acceptors (Lipinski definition) is 5. The molecule has 2 aromatic rings. The largest absolute Gasteiger partial charge is 0.465 e. The summed E-state index contributed by atoms with van der Waals surface area (Å²) >= 11 is 0. The number of hydrogen-bond donors (Lipinski definition) is 0. The van der Waals surface area contributed by atoms with Crippen molar-refractivity contribution in [3.63, 3.8) is 0 Å². The van der Waals surface area contributed by atoms with Gasteiger partial charge >= 0.3 is 11.9 Å². The van der Waals surface area contributed by atoms with Crippen LogP contribution in [0, 0.1) is 0 Å². The summed E-state index contributed by atoms with van der Waals surface area (Å²) in [5, 5.41) is 0. The molecule has 0 unspecified atom stereocenters. The number of allylic oxidation sites excluding steroid dienone is 2. The SMILES string of the molecule is C=C1C(c2ccc(C(=O)OC)cc2)=C(C(=O)OC)C(=O)[C@@]1(C)c1ccccc1. The third kappa shape index (κ3) is 2.85. The van der Waals surface area contributed by atoms with Crippen molar-refractivity contribution < 1.29 is 23.9 Å². The molecule has 5 nitrogen and oxygen atoms in total. The smallest absolute Gasteiger partial charge is 0.342 e. The van der Waals surface area contributed by atoms with Gasteiger partial charge in [-0.2, -0.15) is 0 Å². The van der Waals surface area contributed by atoms with Gasteiger partial charge < -0.3 is 9.47 Å². The number of Topliss-reactive ketones (excluding diaryl/α,β-unsaturated/α-hetero) is 1. The summed E-state index contributed by atoms with van der Waals surface area (Å²) in [5.74, 6) is -1.54. The van der Waals surface area contributed by atoms with Gasteiger partial charge in [-0.25, -0.2) is 9.59 Å². The molecule has 5 heteroatoms. The lowest BCUT2D eigenvalue weighted by Crippen LogP contribution is -2.32. The molecule has 0 saturated carbocycles. The van der Waals surface area contributed by atoms with Gasteiger partial charge in [0.1, 0.15) is 5.57 Å². The van der Waals surface area contributed by atoms with Crippen molar-refractivity contribution in [1.82, 2.24) is 0 Å². The molecular weight excluding hydrogens is 356 g/mol. The number of benzene rings is 2. The van der Waals surface area contributed by atoms with Crippen LogP contribution in [0.5, 0.6) is 0 Å². The molecule has 0 aromatic heterocycles. The van der Waals surface area contributed by atoms with E-state index in [1.807, 2.05) is 30.3 Å². The first kappa shape index (κ1) is 19.3. The molecule has 0 radical (unpaired) electrons. The predicted octanol–water partition coefficient (Wildman–Crippen LogP) is 3.50. The van der Waals surface area contributed by atoms with E-state index in [-0.39, 0.29) is 11.4 Å². The zero-order valence-electron chi connectivity index (χ0n) is 15.9. The fraction of sp³-hybridized carbons (Fsp3) is 0.174. The van der Waals surface area contributed by atoms with Crippen LogP contribution in [-0.2, 0) is 24.5 Å². The van der Waals surface area contributed by atoms with Crippen LogP contribution < -0.4 is 0 Å². The maximum Gasteiger partial charge on any atom is 0.342 e. The quantitative estimate of drug-likeness (QED) is 0.603. The Bertz CT molecular complexity index is 999. The van der Waals surface area contributed by atoms with Gasteiger partial charge in [0.15, 0.2) is 5.78 Å². The Morgan fingerprint density at radius 2 is 1.46 bits per heavy atom. The number of carbonyl (C=O) groups is 3. The molecule has 0 spiro atoms. The molecule has 1 atom stereocenters. The van der Waals surface area contributed by atoms with E-state index in [0.717, 1.165) is 5.56 Å². The molecule has 28 heavy (non-hydrogen) atoms. The molecule has 142 valence electrons. The topological polar surface area (TPSA) is 69.7 Å². The molecule has 3 rings (SSSR count). The van der Waals surface area contributed by atoms with E-state index < -0.39 is 17.4 Å². The molecule has 0 saturated heterocycles. The van der Waals surface area contributed by atoms with Crippen molar-refractivity contribution in [3.05, 3.63) is 89.0 Å². The Morgan fingerprint density at radius 1 is 0.893 bits per heavy atom. The third-order valence-electron chi connectivity index (χ3n) is 5.17. The van der Waals surface area contributed by atoms with E-state index >= 15 is 0 Å². The number of esters is 2. The van der Waals surface area contributed by atoms with E-state index in [1.165, 1.54) is 14.2 Å². The van der Waals surface area contributed by atoms with E-state index in [0.29, 0.717) is 22.3 Å². The van der Waals surface area contributed by atoms with Gasteiger partial charge in [-0.3, -0.25) is 4.79 Å². The van der Waals surface area contributed by atoms with Crippen molar-refractivity contribution in [2.45, 2.75) is 12.3 Å². The minimum absolute atomic E-state index is 0.0373. The minimum atomic E-state index is -1.08. The van der Waals surface area contributed by atoms with Crippen molar-refractivity contribution in [2.75, 3.05) is 14.2 Å². The van der Waals surface area contributed by atoms with Gasteiger partial charge in [-0.15, -0.1) is 0 Å². The second kappa shape index (κ2) is 7.27. The highest BCUT2D eigenvalue weighted by molar-refractivity contribution is 6.33. The highest BCUT2D eigenvalue weighted by Gasteiger charge is 2.50. The second-order valence-electron chi connectivity index (χ2n) is 6.61. The Morgan fingerprint density at radius 3 is 2.00 bits per heavy atom. The minimum Gasteiger partial charge on any atom is -0.465 e. The molecular formula is C23H20O5. The Kier molecular flexibility index (Phi) is 5.01. The zero-order valence-corrected chi connectivity index (χ0v) is 15.9. The van der Waals surface area contributed by atoms with E-state index in [1.54, 1.807) is 31.2 Å². The van der Waals surface area contributed by atoms with Gasteiger partial charge in [0, 0.05) is 5.57 Å². The normalized spacial score (nSPS) is 19.0. The van der Waals surface area contributed by atoms with Crippen LogP contribution in [0.25, 0.3) is 5.57 Å². The molecule has 0 heterocycles. The summed E-state index contributed by atoms with van der Waals surface area (Å²) < 4.78 is 9.59. The Labute approximate surface area is 163 Å². The summed E-state index contributed by atoms with van der Waals surface area (Å²) in [6.45, 7) is 5.91. The highest BCUT2D eigenvalue weighted by Crippen LogP contribution is 2.49. The van der Waals surface area contributed by atoms with E-state index in [2.05, 4.69) is 6.58 Å². The van der Waals surface area contributed by atoms with Gasteiger partial charge in [0.05, 0.1) is 25.2 Å². The summed E-state index contributed by atoms with van der Waals surface area (Å²) in [5.41, 5.74) is 1.53. The first-order chi connectivity index (χ1) is 13.4. The maximum absolute atomic E-state index is 13.4. The Balaban J connectivity index is 2.17. The van der Waals surface area contributed by atoms with Crippen molar-refractivity contribution in [3.8, 4) is 0 Å². The molecule has 0 amide bonds. The lowest BCUT2D eigenvalue weighted by molar-refractivity contribution is -0.138. The molecule has 2 aromatic carbocycles. The van der Waals surface area contributed by atoms with Crippen molar-refractivity contribution in [2.24, 2.45) is 0 Å². The third-order valence-corrected chi connectivity index (χ3v) is 5.17. The van der Waals surface area contributed by atoms with Gasteiger partial charge in [0.2, 0.25) is 0 Å².